The molecule has 5 fully saturated rings. The van der Waals surface area contributed by atoms with Crippen molar-refractivity contribution in [3.05, 3.63) is 35.9 Å². The van der Waals surface area contributed by atoms with Crippen molar-refractivity contribution in [2.24, 2.45) is 23.2 Å². The molecule has 6 rings (SSSR count). The molecule has 0 radical (unpaired) electrons. The number of nitrogens with zero attached hydrogens (tertiary/aromatic N) is 1. The Labute approximate surface area is 190 Å². The fraction of sp³-hybridized carbons (Fsp3) is 0.625. The van der Waals surface area contributed by atoms with E-state index >= 15 is 0 Å². The molecule has 1 aromatic rings. The number of nitrogens with one attached hydrogen (secondary N) is 2. The molecular weight excluding hydrogens is 435 g/mol. The molecule has 4 saturated carbocycles. The quantitative estimate of drug-likeness (QED) is 0.642. The Morgan fingerprint density at radius 1 is 1.09 bits per heavy atom. The van der Waals surface area contributed by atoms with Gasteiger partial charge in [0.25, 0.3) is 17.5 Å². The molecule has 4 amide bonds. The smallest absolute Gasteiger partial charge is 0.314 e. The molecule has 9 heteroatoms. The molecular formula is C24H28F3N3O3. The average molecular weight is 464 g/mol. The summed E-state index contributed by atoms with van der Waals surface area (Å²) in [6.45, 7) is 1.82. The highest BCUT2D eigenvalue weighted by molar-refractivity contribution is 6.10. The van der Waals surface area contributed by atoms with Gasteiger partial charge in [0.05, 0.1) is 0 Å². The summed E-state index contributed by atoms with van der Waals surface area (Å²) < 4.78 is 43.0. The molecule has 0 spiro atoms. The summed E-state index contributed by atoms with van der Waals surface area (Å²) in [5, 5.41) is 3.66. The van der Waals surface area contributed by atoms with Crippen molar-refractivity contribution >= 4 is 17.8 Å². The van der Waals surface area contributed by atoms with E-state index in [4.69, 9.17) is 0 Å². The molecule has 1 heterocycles. The summed E-state index contributed by atoms with van der Waals surface area (Å²) >= 11 is 0. The molecule has 6 nitrogen and oxygen atoms in total. The van der Waals surface area contributed by atoms with Gasteiger partial charge in [0.2, 0.25) is 0 Å². The minimum atomic E-state index is -5.21. The molecule has 1 aromatic carbocycles. The van der Waals surface area contributed by atoms with Crippen molar-refractivity contribution in [3.8, 4) is 0 Å². The Hall–Kier alpha value is -2.58. The molecule has 178 valence electrons. The van der Waals surface area contributed by atoms with Gasteiger partial charge in [-0.2, -0.15) is 13.2 Å². The van der Waals surface area contributed by atoms with Crippen LogP contribution in [0.15, 0.2) is 30.3 Å². The molecule has 0 aromatic heterocycles. The van der Waals surface area contributed by atoms with Crippen LogP contribution in [0.5, 0.6) is 0 Å². The van der Waals surface area contributed by atoms with Crippen LogP contribution >= 0.6 is 0 Å². The molecule has 4 bridgehead atoms. The highest BCUT2D eigenvalue weighted by Crippen LogP contribution is 2.62. The topological polar surface area (TPSA) is 78.5 Å². The Morgan fingerprint density at radius 3 is 2.12 bits per heavy atom. The summed E-state index contributed by atoms with van der Waals surface area (Å²) in [6, 6.07) is 5.63. The van der Waals surface area contributed by atoms with E-state index in [2.05, 4.69) is 0 Å². The second kappa shape index (κ2) is 7.46. The van der Waals surface area contributed by atoms with Crippen LogP contribution in [0, 0.1) is 23.2 Å². The number of benzene rings is 1. The fourth-order valence-electron chi connectivity index (χ4n) is 7.48. The predicted molar refractivity (Wildman–Crippen MR) is 113 cm³/mol. The minimum absolute atomic E-state index is 0.0326. The maximum atomic E-state index is 14.3. The molecule has 2 unspecified atom stereocenters. The lowest BCUT2D eigenvalue weighted by molar-refractivity contribution is -0.202. The number of carbonyl (C=O) groups excluding carboxylic acids is 3. The summed E-state index contributed by atoms with van der Waals surface area (Å²) in [6.07, 6.45) is 1.09. The van der Waals surface area contributed by atoms with Crippen molar-refractivity contribution in [2.45, 2.75) is 69.8 Å². The Bertz CT molecular complexity index is 945. The van der Waals surface area contributed by atoms with Gasteiger partial charge in [-0.25, -0.2) is 4.79 Å². The first kappa shape index (κ1) is 22.2. The number of amides is 4. The first-order valence-electron chi connectivity index (χ1n) is 11.7. The van der Waals surface area contributed by atoms with Crippen LogP contribution in [-0.4, -0.2) is 40.6 Å². The monoisotopic (exact) mass is 463 g/mol. The fourth-order valence-corrected chi connectivity index (χ4v) is 7.48. The van der Waals surface area contributed by atoms with Crippen LogP contribution in [0.3, 0.4) is 0 Å². The molecule has 1 aliphatic heterocycles. The van der Waals surface area contributed by atoms with Gasteiger partial charge < -0.3 is 5.32 Å². The van der Waals surface area contributed by atoms with E-state index in [1.807, 2.05) is 17.6 Å². The molecule has 5 aliphatic rings. The van der Waals surface area contributed by atoms with Crippen LogP contribution in [0.4, 0.5) is 18.0 Å². The average Bonchev–Trinajstić information content (AvgIpc) is 2.99. The van der Waals surface area contributed by atoms with Gasteiger partial charge in [0.15, 0.2) is 0 Å². The Kier molecular flexibility index (Phi) is 5.03. The molecule has 1 saturated heterocycles. The van der Waals surface area contributed by atoms with Gasteiger partial charge in [0, 0.05) is 11.6 Å². The Balaban J connectivity index is 1.49. The zero-order valence-electron chi connectivity index (χ0n) is 18.5. The number of rotatable bonds is 5. The maximum absolute atomic E-state index is 14.3. The first-order valence-corrected chi connectivity index (χ1v) is 11.7. The Morgan fingerprint density at radius 2 is 1.64 bits per heavy atom. The number of hydrogen-bond acceptors (Lipinski definition) is 3. The third kappa shape index (κ3) is 3.34. The zero-order valence-corrected chi connectivity index (χ0v) is 18.5. The lowest BCUT2D eigenvalue weighted by Crippen LogP contribution is -2.70. The van der Waals surface area contributed by atoms with E-state index in [0.29, 0.717) is 24.2 Å². The highest BCUT2D eigenvalue weighted by atomic mass is 19.4. The van der Waals surface area contributed by atoms with Crippen LogP contribution in [0.25, 0.3) is 0 Å². The lowest BCUT2D eigenvalue weighted by atomic mass is 9.47. The van der Waals surface area contributed by atoms with Gasteiger partial charge in [0.1, 0.15) is 0 Å². The summed E-state index contributed by atoms with van der Waals surface area (Å²) in [4.78, 5) is 39.9. The lowest BCUT2D eigenvalue weighted by Gasteiger charge is -2.60. The van der Waals surface area contributed by atoms with Gasteiger partial charge in [-0.1, -0.05) is 25.1 Å². The van der Waals surface area contributed by atoms with Crippen LogP contribution < -0.4 is 10.6 Å². The zero-order chi connectivity index (χ0) is 23.6. The van der Waals surface area contributed by atoms with Crippen LogP contribution in [-0.2, 0) is 4.79 Å². The standard InChI is InChI=1S/C24H28F3N3O3/c1-2-18(22-11-14-8-15(12-22)10-16(9-14)13-22)30-20(32)23(24(25,26)27,29-21(30)33)28-19(31)17-6-4-3-5-7-17/h3-7,14-16,18H,2,8-13H2,1H3,(H,28,31)(H,29,33). The number of hydrogen-bond donors (Lipinski definition) is 2. The van der Waals surface area contributed by atoms with E-state index in [1.54, 1.807) is 6.07 Å². The third-order valence-electron chi connectivity index (χ3n) is 8.31. The second-order valence-corrected chi connectivity index (χ2v) is 10.4. The van der Waals surface area contributed by atoms with E-state index in [0.717, 1.165) is 43.4 Å². The number of urea groups is 1. The summed E-state index contributed by atoms with van der Waals surface area (Å²) in [5.41, 5.74) is -3.86. The van der Waals surface area contributed by atoms with Crippen molar-refractivity contribution in [1.29, 1.82) is 0 Å². The third-order valence-corrected chi connectivity index (χ3v) is 8.31. The van der Waals surface area contributed by atoms with Gasteiger partial charge in [-0.05, 0) is 80.2 Å². The number of halogens is 3. The van der Waals surface area contributed by atoms with Crippen molar-refractivity contribution in [2.75, 3.05) is 0 Å². The summed E-state index contributed by atoms with van der Waals surface area (Å²) in [5.74, 6) is -0.984. The van der Waals surface area contributed by atoms with Gasteiger partial charge in [-0.15, -0.1) is 0 Å². The maximum Gasteiger partial charge on any atom is 0.440 e. The van der Waals surface area contributed by atoms with Crippen molar-refractivity contribution < 1.29 is 27.6 Å². The predicted octanol–water partition coefficient (Wildman–Crippen LogP) is 4.22. The normalized spacial score (nSPS) is 36.1. The van der Waals surface area contributed by atoms with Crippen molar-refractivity contribution in [3.63, 3.8) is 0 Å². The first-order chi connectivity index (χ1) is 15.6. The number of imide groups is 1. The van der Waals surface area contributed by atoms with E-state index in [9.17, 15) is 27.6 Å². The highest BCUT2D eigenvalue weighted by Gasteiger charge is 2.71. The van der Waals surface area contributed by atoms with Crippen LogP contribution in [0.1, 0.15) is 62.2 Å². The van der Waals surface area contributed by atoms with E-state index in [1.165, 1.54) is 24.3 Å². The largest absolute Gasteiger partial charge is 0.440 e. The number of carbonyl (C=O) groups is 3. The van der Waals surface area contributed by atoms with Gasteiger partial charge >= 0.3 is 12.2 Å². The molecule has 4 aliphatic carbocycles. The molecule has 2 atom stereocenters. The SMILES string of the molecule is CCC(N1C(=O)NC(NC(=O)c2ccccc2)(C(F)(F)F)C1=O)C12CC3CC(CC(C3)C1)C2. The van der Waals surface area contributed by atoms with E-state index in [-0.39, 0.29) is 11.0 Å². The van der Waals surface area contributed by atoms with E-state index < -0.39 is 35.7 Å². The van der Waals surface area contributed by atoms with Crippen LogP contribution in [0.2, 0.25) is 0 Å². The second-order valence-electron chi connectivity index (χ2n) is 10.4. The molecule has 2 N–H and O–H groups in total. The minimum Gasteiger partial charge on any atom is -0.314 e. The van der Waals surface area contributed by atoms with Crippen molar-refractivity contribution in [1.82, 2.24) is 15.5 Å². The molecule has 33 heavy (non-hydrogen) atoms. The number of alkyl halides is 3. The van der Waals surface area contributed by atoms with Gasteiger partial charge in [-0.3, -0.25) is 19.8 Å². The summed E-state index contributed by atoms with van der Waals surface area (Å²) in [7, 11) is 0.